The molecule has 0 saturated heterocycles. The average molecular weight is 258 g/mol. The van der Waals surface area contributed by atoms with Gasteiger partial charge in [0, 0.05) is 18.1 Å². The van der Waals surface area contributed by atoms with Crippen LogP contribution in [-0.4, -0.2) is 15.1 Å². The van der Waals surface area contributed by atoms with Crippen LogP contribution in [0.3, 0.4) is 0 Å². The van der Waals surface area contributed by atoms with Crippen LogP contribution in [-0.2, 0) is 0 Å². The Balaban J connectivity index is 2.05. The third kappa shape index (κ3) is 3.24. The zero-order chi connectivity index (χ0) is 13.0. The summed E-state index contributed by atoms with van der Waals surface area (Å²) in [5.74, 6) is 0.625. The fourth-order valence-corrected chi connectivity index (χ4v) is 1.72. The maximum absolute atomic E-state index is 5.23. The highest BCUT2D eigenvalue weighted by Crippen LogP contribution is 2.16. The third-order valence-electron chi connectivity index (χ3n) is 2.45. The SMILES string of the molecule is Cc1ccc(C)c(NC(=S)Nc2cnccn2)c1. The van der Waals surface area contributed by atoms with Gasteiger partial charge >= 0.3 is 0 Å². The standard InChI is InChI=1S/C13H14N4S/c1-9-3-4-10(2)11(7-9)16-13(18)17-12-8-14-5-6-15-12/h3-8H,1-2H3,(H2,15,16,17,18). The molecular weight excluding hydrogens is 244 g/mol. The van der Waals surface area contributed by atoms with Gasteiger partial charge < -0.3 is 10.6 Å². The van der Waals surface area contributed by atoms with Gasteiger partial charge in [0.15, 0.2) is 10.9 Å². The number of aryl methyl sites for hydroxylation is 2. The van der Waals surface area contributed by atoms with Gasteiger partial charge in [-0.3, -0.25) is 4.98 Å². The summed E-state index contributed by atoms with van der Waals surface area (Å²) in [6.07, 6.45) is 4.85. The lowest BCUT2D eigenvalue weighted by Crippen LogP contribution is -2.20. The Bertz CT molecular complexity index is 554. The second kappa shape index (κ2) is 5.55. The minimum atomic E-state index is 0.504. The molecule has 0 fully saturated rings. The van der Waals surface area contributed by atoms with E-state index in [1.165, 1.54) is 5.56 Å². The van der Waals surface area contributed by atoms with Crippen molar-refractivity contribution >= 4 is 28.8 Å². The van der Waals surface area contributed by atoms with Crippen LogP contribution in [0.4, 0.5) is 11.5 Å². The van der Waals surface area contributed by atoms with Gasteiger partial charge in [-0.1, -0.05) is 12.1 Å². The molecule has 1 aromatic carbocycles. The van der Waals surface area contributed by atoms with Gasteiger partial charge in [-0.25, -0.2) is 4.98 Å². The molecule has 92 valence electrons. The van der Waals surface area contributed by atoms with E-state index in [0.717, 1.165) is 11.3 Å². The summed E-state index contributed by atoms with van der Waals surface area (Å²) in [6, 6.07) is 6.18. The number of hydrogen-bond acceptors (Lipinski definition) is 3. The molecule has 0 saturated carbocycles. The molecule has 0 aliphatic carbocycles. The Labute approximate surface area is 111 Å². The Kier molecular flexibility index (Phi) is 3.84. The molecule has 18 heavy (non-hydrogen) atoms. The molecule has 0 amide bonds. The van der Waals surface area contributed by atoms with Crippen molar-refractivity contribution in [2.45, 2.75) is 13.8 Å². The summed E-state index contributed by atoms with van der Waals surface area (Å²) >= 11 is 5.23. The topological polar surface area (TPSA) is 49.8 Å². The number of anilines is 2. The van der Waals surface area contributed by atoms with Crippen LogP contribution in [0.1, 0.15) is 11.1 Å². The second-order valence-corrected chi connectivity index (χ2v) is 4.40. The number of hydrogen-bond donors (Lipinski definition) is 2. The van der Waals surface area contributed by atoms with Gasteiger partial charge in [-0.05, 0) is 43.3 Å². The second-order valence-electron chi connectivity index (χ2n) is 3.99. The number of benzene rings is 1. The fraction of sp³-hybridized carbons (Fsp3) is 0.154. The number of aromatic nitrogens is 2. The zero-order valence-corrected chi connectivity index (χ0v) is 11.1. The summed E-state index contributed by atoms with van der Waals surface area (Å²) in [5, 5.41) is 6.64. The van der Waals surface area contributed by atoms with Crippen molar-refractivity contribution in [2.75, 3.05) is 10.6 Å². The van der Waals surface area contributed by atoms with Crippen LogP contribution in [0, 0.1) is 13.8 Å². The molecule has 0 unspecified atom stereocenters. The highest BCUT2D eigenvalue weighted by molar-refractivity contribution is 7.80. The summed E-state index contributed by atoms with van der Waals surface area (Å²) in [5.41, 5.74) is 3.32. The molecule has 1 aromatic heterocycles. The van der Waals surface area contributed by atoms with Gasteiger partial charge in [0.1, 0.15) is 0 Å². The van der Waals surface area contributed by atoms with E-state index in [1.807, 2.05) is 13.8 Å². The summed E-state index contributed by atoms with van der Waals surface area (Å²) < 4.78 is 0. The van der Waals surface area contributed by atoms with Crippen molar-refractivity contribution in [2.24, 2.45) is 0 Å². The maximum atomic E-state index is 5.23. The maximum Gasteiger partial charge on any atom is 0.176 e. The first kappa shape index (κ1) is 12.4. The molecule has 0 spiro atoms. The van der Waals surface area contributed by atoms with Crippen LogP contribution >= 0.6 is 12.2 Å². The normalized spacial score (nSPS) is 9.89. The van der Waals surface area contributed by atoms with E-state index in [-0.39, 0.29) is 0 Å². The molecule has 4 nitrogen and oxygen atoms in total. The molecule has 5 heteroatoms. The Morgan fingerprint density at radius 1 is 1.17 bits per heavy atom. The molecule has 0 aliphatic rings. The Morgan fingerprint density at radius 3 is 2.72 bits per heavy atom. The number of rotatable bonds is 2. The first-order valence-electron chi connectivity index (χ1n) is 5.56. The minimum Gasteiger partial charge on any atom is -0.332 e. The predicted molar refractivity (Wildman–Crippen MR) is 77.8 cm³/mol. The highest BCUT2D eigenvalue weighted by Gasteiger charge is 2.02. The summed E-state index contributed by atoms with van der Waals surface area (Å²) in [7, 11) is 0. The van der Waals surface area contributed by atoms with Gasteiger partial charge in [0.05, 0.1) is 6.20 Å². The van der Waals surface area contributed by atoms with Crippen molar-refractivity contribution < 1.29 is 0 Å². The van der Waals surface area contributed by atoms with E-state index in [1.54, 1.807) is 18.6 Å². The molecule has 2 aromatic rings. The van der Waals surface area contributed by atoms with Gasteiger partial charge in [-0.2, -0.15) is 0 Å². The molecule has 1 heterocycles. The lowest BCUT2D eigenvalue weighted by atomic mass is 10.1. The van der Waals surface area contributed by atoms with E-state index < -0.39 is 0 Å². The number of nitrogens with zero attached hydrogens (tertiary/aromatic N) is 2. The summed E-state index contributed by atoms with van der Waals surface area (Å²) in [4.78, 5) is 8.06. The highest BCUT2D eigenvalue weighted by atomic mass is 32.1. The fourth-order valence-electron chi connectivity index (χ4n) is 1.50. The lowest BCUT2D eigenvalue weighted by molar-refractivity contribution is 1.21. The van der Waals surface area contributed by atoms with E-state index in [9.17, 15) is 0 Å². The van der Waals surface area contributed by atoms with E-state index >= 15 is 0 Å². The molecular formula is C13H14N4S. The molecule has 0 aliphatic heterocycles. The van der Waals surface area contributed by atoms with Gasteiger partial charge in [-0.15, -0.1) is 0 Å². The van der Waals surface area contributed by atoms with Gasteiger partial charge in [0.2, 0.25) is 0 Å². The molecule has 2 rings (SSSR count). The largest absolute Gasteiger partial charge is 0.332 e. The monoisotopic (exact) mass is 258 g/mol. The number of nitrogens with one attached hydrogen (secondary N) is 2. The Morgan fingerprint density at radius 2 is 2.00 bits per heavy atom. The van der Waals surface area contributed by atoms with Crippen molar-refractivity contribution in [3.05, 3.63) is 47.9 Å². The van der Waals surface area contributed by atoms with Crippen molar-refractivity contribution in [3.63, 3.8) is 0 Å². The average Bonchev–Trinajstić information content (AvgIpc) is 2.35. The van der Waals surface area contributed by atoms with Crippen LogP contribution in [0.25, 0.3) is 0 Å². The van der Waals surface area contributed by atoms with E-state index in [4.69, 9.17) is 12.2 Å². The molecule has 0 atom stereocenters. The first-order chi connectivity index (χ1) is 8.65. The van der Waals surface area contributed by atoms with Crippen LogP contribution in [0.2, 0.25) is 0 Å². The van der Waals surface area contributed by atoms with Crippen LogP contribution < -0.4 is 10.6 Å². The Hall–Kier alpha value is -2.01. The molecule has 0 radical (unpaired) electrons. The van der Waals surface area contributed by atoms with E-state index in [0.29, 0.717) is 10.9 Å². The van der Waals surface area contributed by atoms with Crippen molar-refractivity contribution in [1.29, 1.82) is 0 Å². The first-order valence-corrected chi connectivity index (χ1v) is 5.97. The predicted octanol–water partition coefficient (Wildman–Crippen LogP) is 2.90. The smallest absolute Gasteiger partial charge is 0.176 e. The third-order valence-corrected chi connectivity index (χ3v) is 2.65. The van der Waals surface area contributed by atoms with Crippen LogP contribution in [0.5, 0.6) is 0 Å². The van der Waals surface area contributed by atoms with Crippen molar-refractivity contribution in [3.8, 4) is 0 Å². The summed E-state index contributed by atoms with van der Waals surface area (Å²) in [6.45, 7) is 4.08. The van der Waals surface area contributed by atoms with Crippen molar-refractivity contribution in [1.82, 2.24) is 9.97 Å². The lowest BCUT2D eigenvalue weighted by Gasteiger charge is -2.12. The van der Waals surface area contributed by atoms with Gasteiger partial charge in [0.25, 0.3) is 0 Å². The van der Waals surface area contributed by atoms with Crippen LogP contribution in [0.15, 0.2) is 36.8 Å². The zero-order valence-electron chi connectivity index (χ0n) is 10.3. The molecule has 2 N–H and O–H groups in total. The molecule has 0 bridgehead atoms. The minimum absolute atomic E-state index is 0.504. The van der Waals surface area contributed by atoms with E-state index in [2.05, 4.69) is 38.8 Å². The number of thiocarbonyl (C=S) groups is 1. The quantitative estimate of drug-likeness (QED) is 0.811.